The largest absolute Gasteiger partial charge is 1.00 e. The molecular formula is C18H25ClN4O3. The first-order valence-electron chi connectivity index (χ1n) is 7.96. The molecule has 0 spiro atoms. The van der Waals surface area contributed by atoms with Crippen LogP contribution in [0.25, 0.3) is 0 Å². The number of anilines is 1. The first-order chi connectivity index (χ1) is 11.5. The van der Waals surface area contributed by atoms with Crippen molar-refractivity contribution in [1.82, 2.24) is 14.5 Å². The Balaban J connectivity index is 0.00000338. The lowest BCUT2D eigenvalue weighted by molar-refractivity contribution is -0.0000242. The summed E-state index contributed by atoms with van der Waals surface area (Å²) in [6.07, 6.45) is 1.14. The van der Waals surface area contributed by atoms with Gasteiger partial charge in [0.05, 0.1) is 21.1 Å². The second-order valence-corrected chi connectivity index (χ2v) is 7.46. The number of hydrogen-bond donors (Lipinski definition) is 1. The highest BCUT2D eigenvalue weighted by Crippen LogP contribution is 2.24. The number of halogens is 1. The zero-order chi connectivity index (χ0) is 18.7. The molecule has 0 aliphatic carbocycles. The van der Waals surface area contributed by atoms with Crippen LogP contribution in [0.4, 0.5) is 16.4 Å². The summed E-state index contributed by atoms with van der Waals surface area (Å²) >= 11 is 0. The summed E-state index contributed by atoms with van der Waals surface area (Å²) in [4.78, 5) is 20.5. The molecule has 0 aliphatic rings. The Bertz CT molecular complexity index is 755. The SMILES string of the molecule is CC(C)(C)OC(=O)Nc1cccc(Oc2ccnc([N+](C)(C)C)n2)c1.[Cl-]. The molecule has 142 valence electrons. The lowest BCUT2D eigenvalue weighted by Gasteiger charge is -2.20. The lowest BCUT2D eigenvalue weighted by Crippen LogP contribution is -3.00. The average Bonchev–Trinajstić information content (AvgIpc) is 2.45. The molecule has 2 aromatic rings. The van der Waals surface area contributed by atoms with E-state index in [0.717, 1.165) is 0 Å². The van der Waals surface area contributed by atoms with Gasteiger partial charge in [0.25, 0.3) is 0 Å². The minimum Gasteiger partial charge on any atom is -1.00 e. The number of hydrogen-bond acceptors (Lipinski definition) is 5. The lowest BCUT2D eigenvalue weighted by atomic mass is 10.2. The second-order valence-electron chi connectivity index (χ2n) is 7.46. The third kappa shape index (κ3) is 6.85. The van der Waals surface area contributed by atoms with Gasteiger partial charge in [-0.1, -0.05) is 6.07 Å². The number of amides is 1. The summed E-state index contributed by atoms with van der Waals surface area (Å²) in [5.74, 6) is 1.63. The summed E-state index contributed by atoms with van der Waals surface area (Å²) in [5.41, 5.74) is 0.0217. The van der Waals surface area contributed by atoms with Crippen molar-refractivity contribution in [2.24, 2.45) is 0 Å². The van der Waals surface area contributed by atoms with Gasteiger partial charge in [0.15, 0.2) is 0 Å². The summed E-state index contributed by atoms with van der Waals surface area (Å²) in [6.45, 7) is 5.44. The zero-order valence-electron chi connectivity index (χ0n) is 15.9. The monoisotopic (exact) mass is 380 g/mol. The fourth-order valence-electron chi connectivity index (χ4n) is 1.89. The van der Waals surface area contributed by atoms with Crippen molar-refractivity contribution < 1.29 is 26.7 Å². The Morgan fingerprint density at radius 1 is 1.15 bits per heavy atom. The first-order valence-corrected chi connectivity index (χ1v) is 7.96. The molecule has 0 radical (unpaired) electrons. The van der Waals surface area contributed by atoms with Crippen LogP contribution in [0.5, 0.6) is 11.6 Å². The van der Waals surface area contributed by atoms with Gasteiger partial charge in [-0.15, -0.1) is 4.98 Å². The van der Waals surface area contributed by atoms with Gasteiger partial charge in [-0.25, -0.2) is 4.79 Å². The number of carbonyl (C=O) groups is 1. The maximum Gasteiger partial charge on any atom is 0.412 e. The Morgan fingerprint density at radius 2 is 1.85 bits per heavy atom. The van der Waals surface area contributed by atoms with E-state index in [1.165, 1.54) is 0 Å². The number of ether oxygens (including phenoxy) is 2. The molecule has 1 amide bonds. The van der Waals surface area contributed by atoms with Gasteiger partial charge < -0.3 is 21.9 Å². The number of rotatable bonds is 4. The summed E-state index contributed by atoms with van der Waals surface area (Å²) in [7, 11) is 5.93. The number of aromatic nitrogens is 2. The van der Waals surface area contributed by atoms with Gasteiger partial charge in [0.2, 0.25) is 5.88 Å². The number of benzene rings is 1. The van der Waals surface area contributed by atoms with Gasteiger partial charge in [0.1, 0.15) is 11.4 Å². The van der Waals surface area contributed by atoms with E-state index in [1.807, 2.05) is 41.9 Å². The molecule has 0 bridgehead atoms. The van der Waals surface area contributed by atoms with Crippen molar-refractivity contribution >= 4 is 17.7 Å². The average molecular weight is 381 g/mol. The van der Waals surface area contributed by atoms with E-state index < -0.39 is 11.7 Å². The van der Waals surface area contributed by atoms with Gasteiger partial charge in [-0.2, -0.15) is 4.98 Å². The normalized spacial score (nSPS) is 11.3. The molecule has 0 aliphatic heterocycles. The minimum absolute atomic E-state index is 0. The van der Waals surface area contributed by atoms with E-state index >= 15 is 0 Å². The molecule has 0 saturated carbocycles. The molecule has 2 rings (SSSR count). The van der Waals surface area contributed by atoms with Crippen LogP contribution in [0.3, 0.4) is 0 Å². The highest BCUT2D eigenvalue weighted by molar-refractivity contribution is 5.85. The molecule has 7 nitrogen and oxygen atoms in total. The number of nitrogens with one attached hydrogen (secondary N) is 1. The van der Waals surface area contributed by atoms with E-state index in [1.54, 1.807) is 36.5 Å². The number of nitrogens with zero attached hydrogens (tertiary/aromatic N) is 3. The number of carbonyl (C=O) groups excluding carboxylic acids is 1. The van der Waals surface area contributed by atoms with Crippen LogP contribution in [-0.2, 0) is 4.74 Å². The predicted octanol–water partition coefficient (Wildman–Crippen LogP) is 0.817. The highest BCUT2D eigenvalue weighted by atomic mass is 35.5. The Kier molecular flexibility index (Phi) is 6.94. The Morgan fingerprint density at radius 3 is 2.46 bits per heavy atom. The predicted molar refractivity (Wildman–Crippen MR) is 98.0 cm³/mol. The zero-order valence-corrected chi connectivity index (χ0v) is 16.7. The molecule has 0 atom stereocenters. The molecule has 1 aromatic carbocycles. The fourth-order valence-corrected chi connectivity index (χ4v) is 1.89. The maximum absolute atomic E-state index is 11.9. The van der Waals surface area contributed by atoms with Crippen LogP contribution < -0.4 is 26.9 Å². The van der Waals surface area contributed by atoms with Gasteiger partial charge in [-0.05, 0) is 32.9 Å². The molecule has 1 aromatic heterocycles. The summed E-state index contributed by atoms with van der Waals surface area (Å²) < 4.78 is 11.5. The van der Waals surface area contributed by atoms with Crippen LogP contribution in [0.1, 0.15) is 20.8 Å². The van der Waals surface area contributed by atoms with E-state index in [2.05, 4.69) is 15.3 Å². The van der Waals surface area contributed by atoms with Crippen molar-refractivity contribution in [3.63, 3.8) is 0 Å². The Hall–Kier alpha value is -2.38. The molecule has 1 heterocycles. The van der Waals surface area contributed by atoms with E-state index in [0.29, 0.717) is 27.7 Å². The van der Waals surface area contributed by atoms with Crippen LogP contribution in [-0.4, -0.2) is 42.8 Å². The first kappa shape index (κ1) is 21.7. The van der Waals surface area contributed by atoms with E-state index in [4.69, 9.17) is 9.47 Å². The summed E-state index contributed by atoms with van der Waals surface area (Å²) in [6, 6.07) is 8.72. The van der Waals surface area contributed by atoms with Crippen LogP contribution in [0.15, 0.2) is 36.5 Å². The van der Waals surface area contributed by atoms with Gasteiger partial charge in [0, 0.05) is 24.0 Å². The molecular weight excluding hydrogens is 356 g/mol. The Labute approximate surface area is 160 Å². The minimum atomic E-state index is -0.555. The molecule has 26 heavy (non-hydrogen) atoms. The molecule has 1 N–H and O–H groups in total. The van der Waals surface area contributed by atoms with Crippen molar-refractivity contribution in [1.29, 1.82) is 0 Å². The van der Waals surface area contributed by atoms with Crippen molar-refractivity contribution in [3.8, 4) is 11.6 Å². The summed E-state index contributed by atoms with van der Waals surface area (Å²) in [5, 5.41) is 2.68. The van der Waals surface area contributed by atoms with E-state index in [9.17, 15) is 4.79 Å². The van der Waals surface area contributed by atoms with Gasteiger partial charge in [-0.3, -0.25) is 9.80 Å². The third-order valence-electron chi connectivity index (χ3n) is 2.92. The van der Waals surface area contributed by atoms with Crippen LogP contribution in [0, 0.1) is 0 Å². The van der Waals surface area contributed by atoms with E-state index in [-0.39, 0.29) is 12.4 Å². The van der Waals surface area contributed by atoms with Crippen LogP contribution >= 0.6 is 0 Å². The van der Waals surface area contributed by atoms with Crippen molar-refractivity contribution in [3.05, 3.63) is 36.5 Å². The smallest absolute Gasteiger partial charge is 0.412 e. The maximum atomic E-state index is 11.9. The number of quaternary nitrogens is 1. The van der Waals surface area contributed by atoms with Gasteiger partial charge >= 0.3 is 12.0 Å². The van der Waals surface area contributed by atoms with Crippen molar-refractivity contribution in [2.45, 2.75) is 26.4 Å². The van der Waals surface area contributed by atoms with Crippen molar-refractivity contribution in [2.75, 3.05) is 26.5 Å². The standard InChI is InChI=1S/C18H24N4O3.ClH/c1-18(2,3)25-17(23)20-13-8-7-9-14(12-13)24-15-10-11-19-16(21-15)22(4,5)6;/h7-12H,1-6H3;1H. The third-order valence-corrected chi connectivity index (χ3v) is 2.92. The molecule has 8 heteroatoms. The topological polar surface area (TPSA) is 73.3 Å². The highest BCUT2D eigenvalue weighted by Gasteiger charge is 2.18. The molecule has 0 saturated heterocycles. The molecule has 0 fully saturated rings. The molecule has 0 unspecified atom stereocenters. The fraction of sp³-hybridized carbons (Fsp3) is 0.389. The second kappa shape index (κ2) is 8.33. The quantitative estimate of drug-likeness (QED) is 0.795. The van der Waals surface area contributed by atoms with Crippen LogP contribution in [0.2, 0.25) is 0 Å².